The van der Waals surface area contributed by atoms with Crippen molar-refractivity contribution in [1.29, 1.82) is 0 Å². The van der Waals surface area contributed by atoms with Gasteiger partial charge in [-0.15, -0.1) is 23.2 Å². The van der Waals surface area contributed by atoms with Gasteiger partial charge in [-0.1, -0.05) is 29.8 Å². The van der Waals surface area contributed by atoms with Gasteiger partial charge in [-0.25, -0.2) is 0 Å². The van der Waals surface area contributed by atoms with Gasteiger partial charge in [0.15, 0.2) is 0 Å². The van der Waals surface area contributed by atoms with E-state index < -0.39 is 0 Å². The van der Waals surface area contributed by atoms with Crippen molar-refractivity contribution < 1.29 is 28.4 Å². The summed E-state index contributed by atoms with van der Waals surface area (Å²) in [4.78, 5) is 0. The fraction of sp³-hybridized carbons (Fsp3) is 0.600. The van der Waals surface area contributed by atoms with Crippen LogP contribution in [0.2, 0.25) is 0 Å². The average molecular weight is 634 g/mol. The predicted octanol–water partition coefficient (Wildman–Crippen LogP) is 7.25. The molecule has 4 aliphatic carbocycles. The number of alkyl halides is 2. The zero-order chi connectivity index (χ0) is 29.7. The van der Waals surface area contributed by atoms with Crippen LogP contribution in [0, 0.1) is 23.7 Å². The molecule has 4 saturated carbocycles. The average Bonchev–Trinajstić information content (AvgIpc) is 3.02. The molecule has 0 spiro atoms. The Bertz CT molecular complexity index is 1020. The summed E-state index contributed by atoms with van der Waals surface area (Å²) in [7, 11) is 0. The summed E-state index contributed by atoms with van der Waals surface area (Å²) in [5.41, 5.74) is 5.62. The minimum absolute atomic E-state index is 0.503. The molecule has 6 nitrogen and oxygen atoms in total. The molecule has 0 amide bonds. The monoisotopic (exact) mass is 632 g/mol. The van der Waals surface area contributed by atoms with Crippen molar-refractivity contribution >= 4 is 28.8 Å². The van der Waals surface area contributed by atoms with E-state index in [9.17, 15) is 0 Å². The van der Waals surface area contributed by atoms with E-state index in [0.717, 1.165) is 23.3 Å². The topological polar surface area (TPSA) is 55.4 Å². The van der Waals surface area contributed by atoms with Crippen LogP contribution in [0.5, 0.6) is 11.5 Å². The van der Waals surface area contributed by atoms with Gasteiger partial charge >= 0.3 is 0 Å². The predicted molar refractivity (Wildman–Crippen MR) is 172 cm³/mol. The van der Waals surface area contributed by atoms with Crippen LogP contribution >= 0.6 is 23.2 Å². The maximum Gasteiger partial charge on any atom is 0.119 e. The lowest BCUT2D eigenvalue weighted by molar-refractivity contribution is 0.0410. The van der Waals surface area contributed by atoms with Gasteiger partial charge in [-0.05, 0) is 96.7 Å². The maximum absolute atomic E-state index is 5.97. The van der Waals surface area contributed by atoms with E-state index in [1.54, 1.807) is 5.57 Å². The Morgan fingerprint density at radius 1 is 0.488 bits per heavy atom. The van der Waals surface area contributed by atoms with Gasteiger partial charge in [0.05, 0.1) is 52.9 Å². The summed E-state index contributed by atoms with van der Waals surface area (Å²) in [6, 6.07) is 17.3. The summed E-state index contributed by atoms with van der Waals surface area (Å²) in [5, 5.41) is 0. The van der Waals surface area contributed by atoms with Crippen LogP contribution in [0.3, 0.4) is 0 Å². The first kappa shape index (κ1) is 32.6. The summed E-state index contributed by atoms with van der Waals surface area (Å²) in [6.07, 6.45) is 6.84. The van der Waals surface area contributed by atoms with Gasteiger partial charge in [-0.2, -0.15) is 0 Å². The van der Waals surface area contributed by atoms with Crippen molar-refractivity contribution in [3.63, 3.8) is 0 Å². The Balaban J connectivity index is 1.21. The molecule has 0 radical (unpaired) electrons. The summed E-state index contributed by atoms with van der Waals surface area (Å²) in [6.45, 7) is 5.35. The lowest BCUT2D eigenvalue weighted by Crippen LogP contribution is -2.40. The van der Waals surface area contributed by atoms with Crippen LogP contribution in [0.15, 0.2) is 54.1 Å². The first-order chi connectivity index (χ1) is 21.2. The summed E-state index contributed by atoms with van der Waals surface area (Å²) >= 11 is 11.2. The first-order valence-electron chi connectivity index (χ1n) is 15.9. The third kappa shape index (κ3) is 9.59. The van der Waals surface area contributed by atoms with Gasteiger partial charge in [0, 0.05) is 11.8 Å². The Kier molecular flexibility index (Phi) is 13.4. The standard InChI is InChI=1S/C35H46Cl2O6/c36-9-11-38-13-15-40-17-19-42-32-5-1-28(2-6-32)34(35-30-22-26-21-27(24-30)25-31(35)23-26)29-3-7-33(8-4-29)43-20-18-41-16-14-39-12-10-37/h1-8,26-27,30-31H,9-25H2. The fourth-order valence-corrected chi connectivity index (χ4v) is 7.44. The van der Waals surface area contributed by atoms with E-state index >= 15 is 0 Å². The molecule has 4 aliphatic rings. The summed E-state index contributed by atoms with van der Waals surface area (Å²) in [5.74, 6) is 5.97. The van der Waals surface area contributed by atoms with E-state index in [4.69, 9.17) is 51.6 Å². The smallest absolute Gasteiger partial charge is 0.119 e. The van der Waals surface area contributed by atoms with Crippen molar-refractivity contribution in [3.8, 4) is 11.5 Å². The highest BCUT2D eigenvalue weighted by molar-refractivity contribution is 6.18. The van der Waals surface area contributed by atoms with Crippen LogP contribution in [0.4, 0.5) is 0 Å². The largest absolute Gasteiger partial charge is 0.491 e. The second kappa shape index (κ2) is 17.6. The van der Waals surface area contributed by atoms with Crippen LogP contribution in [0.1, 0.15) is 43.2 Å². The van der Waals surface area contributed by atoms with Crippen molar-refractivity contribution in [2.45, 2.75) is 32.1 Å². The van der Waals surface area contributed by atoms with Gasteiger partial charge in [0.25, 0.3) is 0 Å². The highest BCUT2D eigenvalue weighted by Crippen LogP contribution is 2.58. The van der Waals surface area contributed by atoms with Gasteiger partial charge in [0.1, 0.15) is 24.7 Å². The van der Waals surface area contributed by atoms with Gasteiger partial charge in [-0.3, -0.25) is 0 Å². The van der Waals surface area contributed by atoms with Crippen molar-refractivity contribution in [3.05, 3.63) is 65.2 Å². The molecular weight excluding hydrogens is 587 g/mol. The molecule has 0 heterocycles. The van der Waals surface area contributed by atoms with Crippen LogP contribution < -0.4 is 9.47 Å². The van der Waals surface area contributed by atoms with Crippen molar-refractivity contribution in [2.75, 3.05) is 77.8 Å². The molecule has 43 heavy (non-hydrogen) atoms. The van der Waals surface area contributed by atoms with Crippen LogP contribution in [-0.4, -0.2) is 77.8 Å². The molecule has 4 bridgehead atoms. The van der Waals surface area contributed by atoms with Gasteiger partial charge in [0.2, 0.25) is 0 Å². The van der Waals surface area contributed by atoms with Crippen LogP contribution in [-0.2, 0) is 18.9 Å². The number of hydrogen-bond donors (Lipinski definition) is 0. The third-order valence-electron chi connectivity index (χ3n) is 8.77. The molecule has 0 aliphatic heterocycles. The van der Waals surface area contributed by atoms with Crippen LogP contribution in [0.25, 0.3) is 5.57 Å². The number of hydrogen-bond acceptors (Lipinski definition) is 6. The lowest BCUT2D eigenvalue weighted by atomic mass is 9.53. The molecule has 236 valence electrons. The molecule has 4 fully saturated rings. The molecule has 0 saturated heterocycles. The Morgan fingerprint density at radius 3 is 1.26 bits per heavy atom. The SMILES string of the molecule is ClCCOCCOCCOc1ccc(C(=C2C3CC4CC(C3)CC2C4)c2ccc(OCCOCCOCCCl)cc2)cc1. The van der Waals surface area contributed by atoms with Gasteiger partial charge < -0.3 is 28.4 Å². The normalized spacial score (nSPS) is 22.2. The van der Waals surface area contributed by atoms with E-state index in [2.05, 4.69) is 48.5 Å². The first-order valence-corrected chi connectivity index (χ1v) is 17.0. The molecule has 8 heteroatoms. The number of halogens is 2. The molecule has 2 aromatic rings. The number of benzene rings is 2. The van der Waals surface area contributed by atoms with E-state index in [0.29, 0.717) is 89.7 Å². The van der Waals surface area contributed by atoms with E-state index in [-0.39, 0.29) is 0 Å². The Hall–Kier alpha value is -1.80. The number of allylic oxidation sites excluding steroid dienone is 1. The minimum atomic E-state index is 0.503. The molecular formula is C35H46Cl2O6. The molecule has 6 rings (SSSR count). The number of rotatable bonds is 20. The Labute approximate surface area is 266 Å². The molecule has 0 N–H and O–H groups in total. The summed E-state index contributed by atoms with van der Waals surface area (Å²) < 4.78 is 33.8. The molecule has 2 aromatic carbocycles. The molecule has 0 atom stereocenters. The van der Waals surface area contributed by atoms with E-state index in [1.807, 2.05) is 0 Å². The lowest BCUT2D eigenvalue weighted by Gasteiger charge is -2.52. The second-order valence-corrected chi connectivity index (χ2v) is 12.5. The van der Waals surface area contributed by atoms with E-state index in [1.165, 1.54) is 48.8 Å². The second-order valence-electron chi connectivity index (χ2n) is 11.7. The van der Waals surface area contributed by atoms with Crippen molar-refractivity contribution in [2.24, 2.45) is 23.7 Å². The molecule has 0 unspecified atom stereocenters. The fourth-order valence-electron chi connectivity index (χ4n) is 7.23. The molecule has 0 aromatic heterocycles. The minimum Gasteiger partial charge on any atom is -0.491 e. The Morgan fingerprint density at radius 2 is 0.860 bits per heavy atom. The number of ether oxygens (including phenoxy) is 6. The highest BCUT2D eigenvalue weighted by Gasteiger charge is 2.46. The zero-order valence-corrected chi connectivity index (χ0v) is 26.7. The zero-order valence-electron chi connectivity index (χ0n) is 25.2. The quantitative estimate of drug-likeness (QED) is 0.113. The maximum atomic E-state index is 5.97. The highest BCUT2D eigenvalue weighted by atomic mass is 35.5. The third-order valence-corrected chi connectivity index (χ3v) is 9.08. The van der Waals surface area contributed by atoms with Crippen molar-refractivity contribution in [1.82, 2.24) is 0 Å².